The van der Waals surface area contributed by atoms with E-state index in [1.807, 2.05) is 51.1 Å². The van der Waals surface area contributed by atoms with Crippen LogP contribution in [0.4, 0.5) is 5.69 Å². The number of nitrogens with one attached hydrogen (secondary N) is 1. The largest absolute Gasteiger partial charge is 0.452 e. The van der Waals surface area contributed by atoms with Gasteiger partial charge in [-0.2, -0.15) is 0 Å². The van der Waals surface area contributed by atoms with Crippen molar-refractivity contribution in [2.45, 2.75) is 45.7 Å². The first-order chi connectivity index (χ1) is 14.2. The van der Waals surface area contributed by atoms with Crippen LogP contribution in [0.3, 0.4) is 0 Å². The van der Waals surface area contributed by atoms with E-state index in [9.17, 15) is 14.4 Å². The Kier molecular flexibility index (Phi) is 6.55. The molecule has 0 bridgehead atoms. The number of carbonyl (C=O) groups excluding carboxylic acids is 3. The summed E-state index contributed by atoms with van der Waals surface area (Å²) in [6.45, 7) is 5.96. The summed E-state index contributed by atoms with van der Waals surface area (Å²) in [6, 6.07) is 16.2. The molecule has 0 saturated heterocycles. The van der Waals surface area contributed by atoms with Crippen molar-refractivity contribution < 1.29 is 19.1 Å². The first-order valence-corrected chi connectivity index (χ1v) is 10.2. The van der Waals surface area contributed by atoms with Crippen LogP contribution in [-0.4, -0.2) is 34.8 Å². The quantitative estimate of drug-likeness (QED) is 0.702. The maximum Gasteiger partial charge on any atom is 0.338 e. The predicted molar refractivity (Wildman–Crippen MR) is 115 cm³/mol. The molecule has 0 heterocycles. The van der Waals surface area contributed by atoms with E-state index in [1.165, 1.54) is 0 Å². The highest BCUT2D eigenvalue weighted by Gasteiger charge is 2.30. The van der Waals surface area contributed by atoms with Crippen molar-refractivity contribution in [3.8, 4) is 0 Å². The van der Waals surface area contributed by atoms with Gasteiger partial charge in [0.25, 0.3) is 5.91 Å². The van der Waals surface area contributed by atoms with E-state index >= 15 is 0 Å². The van der Waals surface area contributed by atoms with Crippen LogP contribution >= 0.6 is 0 Å². The third kappa shape index (κ3) is 5.92. The molecule has 3 rings (SSSR count). The summed E-state index contributed by atoms with van der Waals surface area (Å²) >= 11 is 0. The molecule has 1 N–H and O–H groups in total. The van der Waals surface area contributed by atoms with Gasteiger partial charge in [0, 0.05) is 23.7 Å². The number of ether oxygens (including phenoxy) is 1. The summed E-state index contributed by atoms with van der Waals surface area (Å²) in [5, 5.41) is 2.82. The van der Waals surface area contributed by atoms with Crippen LogP contribution in [0.25, 0.3) is 0 Å². The van der Waals surface area contributed by atoms with Crippen LogP contribution in [0.15, 0.2) is 54.6 Å². The number of hydrogen-bond acceptors (Lipinski definition) is 4. The fraction of sp³-hybridized carbons (Fsp3) is 0.375. The van der Waals surface area contributed by atoms with Crippen LogP contribution < -0.4 is 5.32 Å². The molecule has 1 fully saturated rings. The van der Waals surface area contributed by atoms with E-state index in [0.29, 0.717) is 17.8 Å². The molecule has 0 atom stereocenters. The zero-order valence-electron chi connectivity index (χ0n) is 17.7. The van der Waals surface area contributed by atoms with Gasteiger partial charge >= 0.3 is 5.97 Å². The third-order valence-electron chi connectivity index (χ3n) is 4.96. The number of carbonyl (C=O) groups is 3. The normalized spacial score (nSPS) is 13.4. The van der Waals surface area contributed by atoms with E-state index in [1.54, 1.807) is 29.2 Å². The molecule has 6 heteroatoms. The van der Waals surface area contributed by atoms with Crippen molar-refractivity contribution in [1.29, 1.82) is 0 Å². The SMILES string of the molecule is CC(C)(C)N(Cc1ccccc1)C(=O)COC(=O)c1ccc(NC(=O)C2CC2)cc1. The molecule has 1 aliphatic rings. The Morgan fingerprint density at radius 2 is 1.63 bits per heavy atom. The lowest BCUT2D eigenvalue weighted by Gasteiger charge is -2.35. The molecule has 0 aromatic heterocycles. The smallest absolute Gasteiger partial charge is 0.338 e. The fourth-order valence-electron chi connectivity index (χ4n) is 3.03. The molecule has 0 aliphatic heterocycles. The van der Waals surface area contributed by atoms with Crippen molar-refractivity contribution in [2.75, 3.05) is 11.9 Å². The summed E-state index contributed by atoms with van der Waals surface area (Å²) in [4.78, 5) is 38.6. The lowest BCUT2D eigenvalue weighted by atomic mass is 10.0. The highest BCUT2D eigenvalue weighted by atomic mass is 16.5. The van der Waals surface area contributed by atoms with Crippen molar-refractivity contribution in [1.82, 2.24) is 4.90 Å². The number of rotatable bonds is 7. The van der Waals surface area contributed by atoms with E-state index in [0.717, 1.165) is 18.4 Å². The molecule has 0 spiro atoms. The van der Waals surface area contributed by atoms with Gasteiger partial charge in [0.1, 0.15) is 0 Å². The molecule has 158 valence electrons. The molecule has 0 unspecified atom stereocenters. The maximum absolute atomic E-state index is 12.8. The minimum Gasteiger partial charge on any atom is -0.452 e. The molecule has 2 amide bonds. The van der Waals surface area contributed by atoms with E-state index in [-0.39, 0.29) is 24.3 Å². The third-order valence-corrected chi connectivity index (χ3v) is 4.96. The van der Waals surface area contributed by atoms with Gasteiger partial charge in [-0.3, -0.25) is 9.59 Å². The monoisotopic (exact) mass is 408 g/mol. The molecule has 2 aromatic carbocycles. The van der Waals surface area contributed by atoms with E-state index in [4.69, 9.17) is 4.74 Å². The van der Waals surface area contributed by atoms with Gasteiger partial charge < -0.3 is 15.0 Å². The number of nitrogens with zero attached hydrogens (tertiary/aromatic N) is 1. The number of amides is 2. The van der Waals surface area contributed by atoms with Crippen LogP contribution in [0.1, 0.15) is 49.5 Å². The Bertz CT molecular complexity index is 897. The van der Waals surface area contributed by atoms with Crippen molar-refractivity contribution in [3.63, 3.8) is 0 Å². The summed E-state index contributed by atoms with van der Waals surface area (Å²) in [6.07, 6.45) is 1.86. The maximum atomic E-state index is 12.8. The van der Waals surface area contributed by atoms with E-state index in [2.05, 4.69) is 5.32 Å². The second kappa shape index (κ2) is 9.11. The first-order valence-electron chi connectivity index (χ1n) is 10.2. The lowest BCUT2D eigenvalue weighted by Crippen LogP contribution is -2.46. The number of hydrogen-bond donors (Lipinski definition) is 1. The van der Waals surface area contributed by atoms with Crippen molar-refractivity contribution >= 4 is 23.5 Å². The van der Waals surface area contributed by atoms with Gasteiger partial charge in [0.05, 0.1) is 5.56 Å². The summed E-state index contributed by atoms with van der Waals surface area (Å²) in [7, 11) is 0. The number of anilines is 1. The standard InChI is InChI=1S/C24H28N2O4/c1-24(2,3)26(15-17-7-5-4-6-8-17)21(27)16-30-23(29)19-11-13-20(14-12-19)25-22(28)18-9-10-18/h4-8,11-14,18H,9-10,15-16H2,1-3H3,(H,25,28). The van der Waals surface area contributed by atoms with Crippen molar-refractivity contribution in [3.05, 3.63) is 65.7 Å². The number of esters is 1. The Balaban J connectivity index is 1.56. The fourth-order valence-corrected chi connectivity index (χ4v) is 3.03. The highest BCUT2D eigenvalue weighted by Crippen LogP contribution is 2.30. The summed E-state index contributed by atoms with van der Waals surface area (Å²) < 4.78 is 5.26. The van der Waals surface area contributed by atoms with Crippen molar-refractivity contribution in [2.24, 2.45) is 5.92 Å². The van der Waals surface area contributed by atoms with Gasteiger partial charge in [0.2, 0.25) is 5.91 Å². The molecule has 1 saturated carbocycles. The lowest BCUT2D eigenvalue weighted by molar-refractivity contribution is -0.140. The average molecular weight is 408 g/mol. The Labute approximate surface area is 177 Å². The summed E-state index contributed by atoms with van der Waals surface area (Å²) in [5.74, 6) is -0.705. The Morgan fingerprint density at radius 1 is 1.00 bits per heavy atom. The van der Waals surface area contributed by atoms with Crippen LogP contribution in [0.5, 0.6) is 0 Å². The molecular weight excluding hydrogens is 380 g/mol. The van der Waals surface area contributed by atoms with Crippen LogP contribution in [-0.2, 0) is 20.9 Å². The average Bonchev–Trinajstić information content (AvgIpc) is 3.56. The van der Waals surface area contributed by atoms with Crippen LogP contribution in [0, 0.1) is 5.92 Å². The molecule has 2 aromatic rings. The second-order valence-corrected chi connectivity index (χ2v) is 8.55. The molecule has 6 nitrogen and oxygen atoms in total. The van der Waals surface area contributed by atoms with Gasteiger partial charge in [-0.05, 0) is 63.4 Å². The topological polar surface area (TPSA) is 75.7 Å². The van der Waals surface area contributed by atoms with Gasteiger partial charge in [-0.15, -0.1) is 0 Å². The number of benzene rings is 2. The van der Waals surface area contributed by atoms with Gasteiger partial charge in [-0.25, -0.2) is 4.79 Å². The van der Waals surface area contributed by atoms with Gasteiger partial charge in [0.15, 0.2) is 6.61 Å². The second-order valence-electron chi connectivity index (χ2n) is 8.55. The van der Waals surface area contributed by atoms with Crippen LogP contribution in [0.2, 0.25) is 0 Å². The zero-order valence-corrected chi connectivity index (χ0v) is 17.7. The summed E-state index contributed by atoms with van der Waals surface area (Å²) in [5.41, 5.74) is 1.57. The molecular formula is C24H28N2O4. The van der Waals surface area contributed by atoms with E-state index < -0.39 is 11.5 Å². The highest BCUT2D eigenvalue weighted by molar-refractivity contribution is 5.95. The Hall–Kier alpha value is -3.15. The molecule has 0 radical (unpaired) electrons. The Morgan fingerprint density at radius 3 is 2.20 bits per heavy atom. The first kappa shape index (κ1) is 21.6. The molecule has 30 heavy (non-hydrogen) atoms. The predicted octanol–water partition coefficient (Wildman–Crippen LogP) is 4.02. The minimum atomic E-state index is -0.572. The minimum absolute atomic E-state index is 0.0108. The molecule has 1 aliphatic carbocycles. The zero-order chi connectivity index (χ0) is 21.7. The van der Waals surface area contributed by atoms with Gasteiger partial charge in [-0.1, -0.05) is 30.3 Å².